The number of nitrogens with two attached hydrogens (primary N) is 1. The molecular weight excluding hydrogens is 441 g/mol. The molecule has 0 aromatic heterocycles. The van der Waals surface area contributed by atoms with Crippen molar-refractivity contribution in [1.82, 2.24) is 0 Å². The van der Waals surface area contributed by atoms with Crippen LogP contribution in [0.2, 0.25) is 15.1 Å². The summed E-state index contributed by atoms with van der Waals surface area (Å²) in [5, 5.41) is 10.3. The molecule has 142 valence electrons. The Balaban J connectivity index is 2.02. The molecule has 1 aliphatic rings. The minimum Gasteiger partial charge on any atom is -0.365 e. The molecule has 1 saturated heterocycles. The lowest BCUT2D eigenvalue weighted by atomic mass is 10.1. The average Bonchev–Trinajstić information content (AvgIpc) is 2.95. The predicted octanol–water partition coefficient (Wildman–Crippen LogP) is 4.56. The number of halogens is 3. The zero-order valence-corrected chi connectivity index (χ0v) is 17.2. The number of benzene rings is 2. The summed E-state index contributed by atoms with van der Waals surface area (Å²) in [5.41, 5.74) is 6.36. The van der Waals surface area contributed by atoms with Crippen LogP contribution in [-0.2, 0) is 16.0 Å². The van der Waals surface area contributed by atoms with Gasteiger partial charge in [0.05, 0.1) is 15.3 Å². The number of carbonyl (C=O) groups excluding carboxylic acids is 2. The van der Waals surface area contributed by atoms with Gasteiger partial charge in [-0.3, -0.25) is 14.5 Å². The molecule has 2 aromatic carbocycles. The molecule has 0 aliphatic carbocycles. The summed E-state index contributed by atoms with van der Waals surface area (Å²) in [4.78, 5) is 26.2. The first-order valence-electron chi connectivity index (χ1n) is 7.96. The summed E-state index contributed by atoms with van der Waals surface area (Å²) in [6.07, 6.45) is 0.339. The van der Waals surface area contributed by atoms with Crippen molar-refractivity contribution in [3.63, 3.8) is 0 Å². The standard InChI is InChI=1S/C19H12Cl3N3O2S/c20-11-2-4-12(5-3-11)25-18(27)16(28-19(25)13(9-23)17(24)26)8-10-1-6-14(21)15(22)7-10/h1-7,16H,8H2,(H2,24,26)/b19-13-. The molecule has 0 saturated carbocycles. The van der Waals surface area contributed by atoms with Crippen molar-refractivity contribution < 1.29 is 9.59 Å². The number of hydrogen-bond donors (Lipinski definition) is 1. The van der Waals surface area contributed by atoms with Crippen LogP contribution in [0.25, 0.3) is 0 Å². The maximum absolute atomic E-state index is 13.1. The van der Waals surface area contributed by atoms with Crippen LogP contribution in [0.4, 0.5) is 5.69 Å². The van der Waals surface area contributed by atoms with E-state index in [1.807, 2.05) is 0 Å². The normalized spacial score (nSPS) is 18.1. The van der Waals surface area contributed by atoms with Gasteiger partial charge in [0.25, 0.3) is 5.91 Å². The minimum absolute atomic E-state index is 0.201. The van der Waals surface area contributed by atoms with Crippen LogP contribution in [0.15, 0.2) is 53.1 Å². The summed E-state index contributed by atoms with van der Waals surface area (Å²) in [7, 11) is 0. The predicted molar refractivity (Wildman–Crippen MR) is 112 cm³/mol. The van der Waals surface area contributed by atoms with Crippen molar-refractivity contribution in [2.24, 2.45) is 5.73 Å². The topological polar surface area (TPSA) is 87.2 Å². The van der Waals surface area contributed by atoms with Crippen LogP contribution < -0.4 is 10.6 Å². The lowest BCUT2D eigenvalue weighted by Crippen LogP contribution is -2.31. The fourth-order valence-electron chi connectivity index (χ4n) is 2.71. The molecular formula is C19H12Cl3N3O2S. The molecule has 1 unspecified atom stereocenters. The van der Waals surface area contributed by atoms with Crippen LogP contribution in [0, 0.1) is 11.3 Å². The van der Waals surface area contributed by atoms with E-state index >= 15 is 0 Å². The van der Waals surface area contributed by atoms with E-state index in [9.17, 15) is 14.9 Å². The van der Waals surface area contributed by atoms with Crippen LogP contribution in [0.1, 0.15) is 5.56 Å². The molecule has 0 radical (unpaired) electrons. The third-order valence-electron chi connectivity index (χ3n) is 4.01. The van der Waals surface area contributed by atoms with E-state index < -0.39 is 11.2 Å². The molecule has 28 heavy (non-hydrogen) atoms. The molecule has 9 heteroatoms. The summed E-state index contributed by atoms with van der Waals surface area (Å²) < 4.78 is 0. The first-order valence-corrected chi connectivity index (χ1v) is 9.97. The Hall–Kier alpha value is -2.17. The third kappa shape index (κ3) is 4.13. The van der Waals surface area contributed by atoms with Gasteiger partial charge in [-0.15, -0.1) is 0 Å². The van der Waals surface area contributed by atoms with Crippen molar-refractivity contribution in [1.29, 1.82) is 5.26 Å². The van der Waals surface area contributed by atoms with E-state index in [1.54, 1.807) is 48.5 Å². The number of nitriles is 1. The summed E-state index contributed by atoms with van der Waals surface area (Å²) in [6.45, 7) is 0. The highest BCUT2D eigenvalue weighted by atomic mass is 35.5. The van der Waals surface area contributed by atoms with Gasteiger partial charge >= 0.3 is 0 Å². The maximum Gasteiger partial charge on any atom is 0.262 e. The Morgan fingerprint density at radius 3 is 2.39 bits per heavy atom. The number of amides is 2. The van der Waals surface area contributed by atoms with E-state index in [4.69, 9.17) is 40.5 Å². The summed E-state index contributed by atoms with van der Waals surface area (Å²) >= 11 is 19.0. The van der Waals surface area contributed by atoms with Gasteiger partial charge in [0.15, 0.2) is 0 Å². The van der Waals surface area contributed by atoms with Gasteiger partial charge in [0, 0.05) is 10.7 Å². The SMILES string of the molecule is N#C/C(C(N)=O)=C1/SC(Cc2ccc(Cl)c(Cl)c2)C(=O)N1c1ccc(Cl)cc1. The lowest BCUT2D eigenvalue weighted by Gasteiger charge is -2.18. The van der Waals surface area contributed by atoms with Crippen molar-refractivity contribution in [3.05, 3.63) is 73.7 Å². The molecule has 1 atom stereocenters. The molecule has 0 spiro atoms. The quantitative estimate of drug-likeness (QED) is 0.544. The number of anilines is 1. The van der Waals surface area contributed by atoms with Gasteiger partial charge in [-0.1, -0.05) is 52.6 Å². The Bertz CT molecular complexity index is 1030. The molecule has 2 aromatic rings. The van der Waals surface area contributed by atoms with Gasteiger partial charge in [-0.25, -0.2) is 0 Å². The fourth-order valence-corrected chi connectivity index (χ4v) is 4.47. The van der Waals surface area contributed by atoms with Crippen molar-refractivity contribution in [2.45, 2.75) is 11.7 Å². The number of thioether (sulfide) groups is 1. The molecule has 2 amide bonds. The van der Waals surface area contributed by atoms with Gasteiger partial charge in [-0.05, 0) is 48.4 Å². The van der Waals surface area contributed by atoms with Gasteiger partial charge < -0.3 is 5.73 Å². The third-order valence-corrected chi connectivity index (χ3v) is 6.27. The number of rotatable bonds is 4. The first kappa shape index (κ1) is 20.6. The Kier molecular flexibility index (Phi) is 6.21. The molecule has 1 fully saturated rings. The second kappa shape index (κ2) is 8.46. The van der Waals surface area contributed by atoms with E-state index in [0.717, 1.165) is 17.3 Å². The molecule has 1 aliphatic heterocycles. The highest BCUT2D eigenvalue weighted by Gasteiger charge is 2.40. The van der Waals surface area contributed by atoms with E-state index in [-0.39, 0.29) is 16.5 Å². The minimum atomic E-state index is -0.896. The van der Waals surface area contributed by atoms with Gasteiger partial charge in [-0.2, -0.15) is 5.26 Å². The number of primary amides is 1. The average molecular weight is 453 g/mol. The van der Waals surface area contributed by atoms with E-state index in [0.29, 0.717) is 27.2 Å². The second-order valence-corrected chi connectivity index (χ2v) is 8.31. The molecule has 3 rings (SSSR count). The van der Waals surface area contributed by atoms with Gasteiger partial charge in [0.1, 0.15) is 16.7 Å². The highest BCUT2D eigenvalue weighted by molar-refractivity contribution is 8.05. The monoisotopic (exact) mass is 451 g/mol. The Morgan fingerprint density at radius 2 is 1.82 bits per heavy atom. The van der Waals surface area contributed by atoms with E-state index in [1.165, 1.54) is 4.90 Å². The number of carbonyl (C=O) groups is 2. The van der Waals surface area contributed by atoms with Crippen molar-refractivity contribution in [3.8, 4) is 6.07 Å². The maximum atomic E-state index is 13.1. The molecule has 0 bridgehead atoms. The first-order chi connectivity index (χ1) is 13.3. The number of nitrogens with zero attached hydrogens (tertiary/aromatic N) is 2. The number of hydrogen-bond acceptors (Lipinski definition) is 4. The summed E-state index contributed by atoms with van der Waals surface area (Å²) in [6, 6.07) is 13.4. The molecule has 5 nitrogen and oxygen atoms in total. The fraction of sp³-hybridized carbons (Fsp3) is 0.105. The van der Waals surface area contributed by atoms with Crippen molar-refractivity contribution >= 4 is 64.1 Å². The van der Waals surface area contributed by atoms with Crippen LogP contribution in [0.3, 0.4) is 0 Å². The van der Waals surface area contributed by atoms with Crippen LogP contribution >= 0.6 is 46.6 Å². The largest absolute Gasteiger partial charge is 0.365 e. The molecule has 2 N–H and O–H groups in total. The second-order valence-electron chi connectivity index (χ2n) is 5.87. The van der Waals surface area contributed by atoms with Crippen molar-refractivity contribution in [2.75, 3.05) is 4.90 Å². The highest BCUT2D eigenvalue weighted by Crippen LogP contribution is 2.42. The zero-order chi connectivity index (χ0) is 20.4. The zero-order valence-electron chi connectivity index (χ0n) is 14.2. The van der Waals surface area contributed by atoms with E-state index in [2.05, 4.69) is 0 Å². The van der Waals surface area contributed by atoms with Gasteiger partial charge in [0.2, 0.25) is 5.91 Å². The summed E-state index contributed by atoms with van der Waals surface area (Å²) in [5.74, 6) is -1.17. The Morgan fingerprint density at radius 1 is 1.14 bits per heavy atom. The molecule has 1 heterocycles. The Labute approximate surface area is 180 Å². The van der Waals surface area contributed by atoms with Crippen LogP contribution in [0.5, 0.6) is 0 Å². The van der Waals surface area contributed by atoms with Crippen LogP contribution in [-0.4, -0.2) is 17.1 Å². The lowest BCUT2D eigenvalue weighted by molar-refractivity contribution is -0.117. The smallest absolute Gasteiger partial charge is 0.262 e.